The molecule has 1 aliphatic heterocycles. The summed E-state index contributed by atoms with van der Waals surface area (Å²) < 4.78 is 4.84. The van der Waals surface area contributed by atoms with Gasteiger partial charge in [0.15, 0.2) is 5.11 Å². The number of hydrogen-bond donors (Lipinski definition) is 2. The number of Topliss-reactive ketones (excluding diaryl/α,β-unsaturated/α-hetero) is 1. The predicted octanol–water partition coefficient (Wildman–Crippen LogP) is 2.16. The maximum absolute atomic E-state index is 12.7. The molecule has 0 aromatic heterocycles. The van der Waals surface area contributed by atoms with Crippen LogP contribution >= 0.6 is 12.2 Å². The molecule has 2 rings (SSSR count). The summed E-state index contributed by atoms with van der Waals surface area (Å²) in [4.78, 5) is 35.3. The third kappa shape index (κ3) is 4.05. The van der Waals surface area contributed by atoms with Gasteiger partial charge in [-0.2, -0.15) is 0 Å². The van der Waals surface area contributed by atoms with Gasteiger partial charge in [-0.25, -0.2) is 4.79 Å². The number of ether oxygens (including phenoxy) is 1. The van der Waals surface area contributed by atoms with E-state index in [9.17, 15) is 19.7 Å². The topological polar surface area (TPSA) is 111 Å². The Morgan fingerprint density at radius 2 is 2.08 bits per heavy atom. The first-order valence-electron chi connectivity index (χ1n) is 8.03. The van der Waals surface area contributed by atoms with Crippen LogP contribution < -0.4 is 10.6 Å². The van der Waals surface area contributed by atoms with Crippen molar-refractivity contribution in [2.24, 2.45) is 5.92 Å². The highest BCUT2D eigenvalue weighted by Crippen LogP contribution is 2.32. The minimum absolute atomic E-state index is 0.0651. The number of rotatable bonds is 6. The van der Waals surface area contributed by atoms with Crippen LogP contribution in [-0.2, 0) is 14.3 Å². The van der Waals surface area contributed by atoms with E-state index in [1.165, 1.54) is 18.2 Å². The van der Waals surface area contributed by atoms with Gasteiger partial charge in [0.25, 0.3) is 11.5 Å². The van der Waals surface area contributed by atoms with Crippen LogP contribution in [0.1, 0.15) is 32.4 Å². The number of hydrogen-bond acceptors (Lipinski definition) is 6. The minimum atomic E-state index is -0.979. The van der Waals surface area contributed by atoms with Crippen LogP contribution in [0, 0.1) is 16.0 Å². The maximum Gasteiger partial charge on any atom is 0.379 e. The van der Waals surface area contributed by atoms with Crippen molar-refractivity contribution in [3.63, 3.8) is 0 Å². The largest absolute Gasteiger partial charge is 0.460 e. The normalized spacial score (nSPS) is 16.8. The van der Waals surface area contributed by atoms with Crippen molar-refractivity contribution >= 4 is 34.8 Å². The predicted molar refractivity (Wildman–Crippen MR) is 98.2 cm³/mol. The number of esters is 1. The molecule has 0 amide bonds. The van der Waals surface area contributed by atoms with Crippen LogP contribution in [0.4, 0.5) is 5.69 Å². The summed E-state index contributed by atoms with van der Waals surface area (Å²) in [6, 6.07) is 5.06. The number of benzene rings is 1. The highest BCUT2D eigenvalue weighted by atomic mass is 32.1. The lowest BCUT2D eigenvalue weighted by Gasteiger charge is -2.32. The van der Waals surface area contributed by atoms with E-state index in [1.54, 1.807) is 13.0 Å². The molecule has 0 saturated heterocycles. The average molecular weight is 377 g/mol. The van der Waals surface area contributed by atoms with Crippen molar-refractivity contribution in [3.05, 3.63) is 51.2 Å². The number of thiocarbonyl (C=S) groups is 1. The molecular formula is C17H19N3O5S. The lowest BCUT2D eigenvalue weighted by Crippen LogP contribution is -2.47. The number of nitro groups is 1. The number of allylic oxidation sites excluding steroid dienone is 1. The molecule has 0 unspecified atom stereocenters. The van der Waals surface area contributed by atoms with Crippen LogP contribution in [-0.4, -0.2) is 28.4 Å². The van der Waals surface area contributed by atoms with Gasteiger partial charge in [0.05, 0.1) is 23.1 Å². The molecule has 8 nitrogen and oxygen atoms in total. The first kappa shape index (κ1) is 19.5. The van der Waals surface area contributed by atoms with Crippen molar-refractivity contribution in [2.75, 3.05) is 6.61 Å². The van der Waals surface area contributed by atoms with Gasteiger partial charge < -0.3 is 15.4 Å². The SMILES string of the molecule is CCOC(=O)C(=O)C1=C(C(C)C)NC(=S)N[C@H]1c1cccc([N+](=O)[O-])c1. The minimum Gasteiger partial charge on any atom is -0.460 e. The summed E-state index contributed by atoms with van der Waals surface area (Å²) >= 11 is 5.20. The molecule has 1 atom stereocenters. The van der Waals surface area contributed by atoms with E-state index in [4.69, 9.17) is 17.0 Å². The van der Waals surface area contributed by atoms with Gasteiger partial charge in [0.2, 0.25) is 0 Å². The van der Waals surface area contributed by atoms with Gasteiger partial charge in [-0.05, 0) is 30.6 Å². The molecule has 1 aromatic rings. The van der Waals surface area contributed by atoms with Crippen molar-refractivity contribution in [3.8, 4) is 0 Å². The Labute approximate surface area is 155 Å². The number of non-ortho nitro benzene ring substituents is 1. The maximum atomic E-state index is 12.7. The number of carbonyl (C=O) groups excluding carboxylic acids is 2. The van der Waals surface area contributed by atoms with E-state index in [0.717, 1.165) is 0 Å². The fourth-order valence-electron chi connectivity index (χ4n) is 2.67. The highest BCUT2D eigenvalue weighted by molar-refractivity contribution is 7.80. The van der Waals surface area contributed by atoms with E-state index in [2.05, 4.69) is 10.6 Å². The van der Waals surface area contributed by atoms with Crippen molar-refractivity contribution in [1.29, 1.82) is 0 Å². The lowest BCUT2D eigenvalue weighted by molar-refractivity contribution is -0.384. The lowest BCUT2D eigenvalue weighted by atomic mass is 9.88. The molecule has 1 aliphatic rings. The standard InChI is InChI=1S/C17H19N3O5S/c1-4-25-16(22)15(21)12-13(9(2)3)18-17(26)19-14(12)10-6-5-7-11(8-10)20(23)24/h5-9,14H,4H2,1-3H3,(H2,18,19,26)/t14-/m0/s1. The van der Waals surface area contributed by atoms with Gasteiger partial charge >= 0.3 is 5.97 Å². The summed E-state index contributed by atoms with van der Waals surface area (Å²) in [6.45, 7) is 5.36. The van der Waals surface area contributed by atoms with Crippen LogP contribution in [0.15, 0.2) is 35.5 Å². The number of ketones is 1. The van der Waals surface area contributed by atoms with Gasteiger partial charge in [-0.15, -0.1) is 0 Å². The van der Waals surface area contributed by atoms with Crippen molar-refractivity contribution in [1.82, 2.24) is 10.6 Å². The number of carbonyl (C=O) groups is 2. The van der Waals surface area contributed by atoms with E-state index < -0.39 is 22.7 Å². The molecule has 9 heteroatoms. The summed E-state index contributed by atoms with van der Waals surface area (Å²) in [6.07, 6.45) is 0. The second-order valence-electron chi connectivity index (χ2n) is 5.92. The Bertz CT molecular complexity index is 803. The van der Waals surface area contributed by atoms with Gasteiger partial charge in [-0.3, -0.25) is 14.9 Å². The van der Waals surface area contributed by atoms with E-state index in [-0.39, 0.29) is 28.9 Å². The van der Waals surface area contributed by atoms with Gasteiger partial charge in [0.1, 0.15) is 0 Å². The molecule has 26 heavy (non-hydrogen) atoms. The Morgan fingerprint density at radius 1 is 1.38 bits per heavy atom. The van der Waals surface area contributed by atoms with Crippen molar-refractivity contribution in [2.45, 2.75) is 26.8 Å². The molecule has 0 spiro atoms. The number of nitrogens with one attached hydrogen (secondary N) is 2. The molecule has 0 bridgehead atoms. The monoisotopic (exact) mass is 377 g/mol. The smallest absolute Gasteiger partial charge is 0.379 e. The van der Waals surface area contributed by atoms with Gasteiger partial charge in [0, 0.05) is 17.8 Å². The summed E-state index contributed by atoms with van der Waals surface area (Å²) in [5.41, 5.74) is 0.965. The first-order chi connectivity index (χ1) is 12.3. The quantitative estimate of drug-likeness (QED) is 0.255. The summed E-state index contributed by atoms with van der Waals surface area (Å²) in [5, 5.41) is 17.2. The van der Waals surface area contributed by atoms with Crippen LogP contribution in [0.3, 0.4) is 0 Å². The second kappa shape index (κ2) is 8.05. The molecule has 0 saturated carbocycles. The van der Waals surface area contributed by atoms with E-state index in [1.807, 2.05) is 13.8 Å². The Hall–Kier alpha value is -2.81. The summed E-state index contributed by atoms with van der Waals surface area (Å²) in [5.74, 6) is -1.92. The molecule has 0 radical (unpaired) electrons. The molecule has 138 valence electrons. The Morgan fingerprint density at radius 3 is 2.65 bits per heavy atom. The van der Waals surface area contributed by atoms with Crippen LogP contribution in [0.5, 0.6) is 0 Å². The summed E-state index contributed by atoms with van der Waals surface area (Å²) in [7, 11) is 0. The molecule has 0 fully saturated rings. The van der Waals surface area contributed by atoms with Crippen LogP contribution in [0.2, 0.25) is 0 Å². The zero-order chi connectivity index (χ0) is 19.4. The molecule has 1 aromatic carbocycles. The van der Waals surface area contributed by atoms with E-state index >= 15 is 0 Å². The molecule has 1 heterocycles. The Kier molecular flexibility index (Phi) is 6.04. The average Bonchev–Trinajstić information content (AvgIpc) is 2.60. The second-order valence-corrected chi connectivity index (χ2v) is 6.32. The Balaban J connectivity index is 2.60. The number of nitro benzene ring substituents is 1. The zero-order valence-corrected chi connectivity index (χ0v) is 15.4. The number of nitrogens with zero attached hydrogens (tertiary/aromatic N) is 1. The van der Waals surface area contributed by atoms with E-state index in [0.29, 0.717) is 11.3 Å². The molecule has 2 N–H and O–H groups in total. The van der Waals surface area contributed by atoms with Crippen LogP contribution in [0.25, 0.3) is 0 Å². The fraction of sp³-hybridized carbons (Fsp3) is 0.353. The third-order valence-corrected chi connectivity index (χ3v) is 4.02. The first-order valence-corrected chi connectivity index (χ1v) is 8.44. The van der Waals surface area contributed by atoms with Gasteiger partial charge in [-0.1, -0.05) is 26.0 Å². The van der Waals surface area contributed by atoms with Crippen molar-refractivity contribution < 1.29 is 19.2 Å². The fourth-order valence-corrected chi connectivity index (χ4v) is 2.90. The third-order valence-electron chi connectivity index (χ3n) is 3.80. The molecular weight excluding hydrogens is 358 g/mol. The highest BCUT2D eigenvalue weighted by Gasteiger charge is 2.36. The molecule has 0 aliphatic carbocycles. The zero-order valence-electron chi connectivity index (χ0n) is 14.6.